The molecule has 0 saturated heterocycles. The summed E-state index contributed by atoms with van der Waals surface area (Å²) in [6.07, 6.45) is 0.835. The van der Waals surface area contributed by atoms with Gasteiger partial charge in [0.2, 0.25) is 5.91 Å². The Labute approximate surface area is 120 Å². The van der Waals surface area contributed by atoms with Crippen LogP contribution in [0.3, 0.4) is 0 Å². The first-order chi connectivity index (χ1) is 9.34. The fourth-order valence-corrected chi connectivity index (χ4v) is 2.49. The van der Waals surface area contributed by atoms with Crippen molar-refractivity contribution in [2.24, 2.45) is 5.41 Å². The highest BCUT2D eigenvalue weighted by Crippen LogP contribution is 2.28. The van der Waals surface area contributed by atoms with Gasteiger partial charge in [-0.1, -0.05) is 45.9 Å². The molecule has 0 radical (unpaired) electrons. The van der Waals surface area contributed by atoms with Gasteiger partial charge in [-0.25, -0.2) is 0 Å². The van der Waals surface area contributed by atoms with E-state index in [2.05, 4.69) is 13.0 Å². The number of amides is 1. The van der Waals surface area contributed by atoms with Crippen LogP contribution in [-0.2, 0) is 17.8 Å². The number of hydrogen-bond donors (Lipinski definition) is 0. The second kappa shape index (κ2) is 5.31. The number of aryl methyl sites for hydroxylation is 1. The smallest absolute Gasteiger partial charge is 0.227 e. The highest BCUT2D eigenvalue weighted by Gasteiger charge is 2.26. The number of para-hydroxylation sites is 1. The van der Waals surface area contributed by atoms with Crippen LogP contribution in [0, 0.1) is 5.41 Å². The molecule has 0 aliphatic rings. The Morgan fingerprint density at radius 1 is 1.25 bits per heavy atom. The van der Waals surface area contributed by atoms with Gasteiger partial charge < -0.3 is 9.32 Å². The fourth-order valence-electron chi connectivity index (χ4n) is 2.49. The first kappa shape index (κ1) is 14.6. The minimum absolute atomic E-state index is 0.143. The molecule has 0 bridgehead atoms. The first-order valence-corrected chi connectivity index (χ1v) is 7.09. The summed E-state index contributed by atoms with van der Waals surface area (Å²) < 4.78 is 5.88. The Balaban J connectivity index is 2.36. The molecule has 20 heavy (non-hydrogen) atoms. The third-order valence-electron chi connectivity index (χ3n) is 3.49. The monoisotopic (exact) mass is 273 g/mol. The van der Waals surface area contributed by atoms with Crippen LogP contribution in [0.15, 0.2) is 28.7 Å². The number of furan rings is 1. The zero-order chi connectivity index (χ0) is 14.9. The van der Waals surface area contributed by atoms with Gasteiger partial charge in [-0.15, -0.1) is 0 Å². The molecule has 1 aromatic carbocycles. The van der Waals surface area contributed by atoms with Crippen LogP contribution < -0.4 is 0 Å². The van der Waals surface area contributed by atoms with Crippen molar-refractivity contribution in [1.29, 1.82) is 0 Å². The second-order valence-electron chi connectivity index (χ2n) is 6.26. The third-order valence-corrected chi connectivity index (χ3v) is 3.49. The molecule has 0 aliphatic heterocycles. The lowest BCUT2D eigenvalue weighted by atomic mass is 9.94. The van der Waals surface area contributed by atoms with E-state index >= 15 is 0 Å². The van der Waals surface area contributed by atoms with E-state index in [0.717, 1.165) is 28.7 Å². The van der Waals surface area contributed by atoms with E-state index < -0.39 is 0 Å². The zero-order valence-corrected chi connectivity index (χ0v) is 13.0. The fraction of sp³-hybridized carbons (Fsp3) is 0.471. The Morgan fingerprint density at radius 3 is 2.50 bits per heavy atom. The van der Waals surface area contributed by atoms with Gasteiger partial charge in [0, 0.05) is 36.4 Å². The molecule has 1 aromatic heterocycles. The average Bonchev–Trinajstić information content (AvgIpc) is 2.75. The predicted molar refractivity (Wildman–Crippen MR) is 81.5 cm³/mol. The van der Waals surface area contributed by atoms with Gasteiger partial charge in [-0.3, -0.25) is 4.79 Å². The molecule has 3 nitrogen and oxygen atoms in total. The number of rotatable bonds is 3. The summed E-state index contributed by atoms with van der Waals surface area (Å²) in [4.78, 5) is 14.1. The summed E-state index contributed by atoms with van der Waals surface area (Å²) in [7, 11) is 1.86. The van der Waals surface area contributed by atoms with Crippen molar-refractivity contribution >= 4 is 16.9 Å². The maximum absolute atomic E-state index is 12.3. The quantitative estimate of drug-likeness (QED) is 0.847. The van der Waals surface area contributed by atoms with Gasteiger partial charge in [0.15, 0.2) is 0 Å². The van der Waals surface area contributed by atoms with Gasteiger partial charge in [-0.2, -0.15) is 0 Å². The molecule has 0 atom stereocenters. The maximum Gasteiger partial charge on any atom is 0.227 e. The van der Waals surface area contributed by atoms with Crippen LogP contribution in [0.5, 0.6) is 0 Å². The van der Waals surface area contributed by atoms with E-state index in [1.165, 1.54) is 0 Å². The SMILES string of the molecule is CCc1oc2ccccc2c1CN(C)C(=O)C(C)(C)C. The first-order valence-electron chi connectivity index (χ1n) is 7.09. The van der Waals surface area contributed by atoms with E-state index in [0.29, 0.717) is 6.54 Å². The van der Waals surface area contributed by atoms with Gasteiger partial charge in [-0.05, 0) is 6.07 Å². The van der Waals surface area contributed by atoms with E-state index in [1.54, 1.807) is 4.90 Å². The summed E-state index contributed by atoms with van der Waals surface area (Å²) in [6.45, 7) is 8.50. The molecule has 2 rings (SSSR count). The summed E-state index contributed by atoms with van der Waals surface area (Å²) in [6, 6.07) is 8.01. The molecular weight excluding hydrogens is 250 g/mol. The van der Waals surface area contributed by atoms with E-state index in [-0.39, 0.29) is 11.3 Å². The average molecular weight is 273 g/mol. The molecular formula is C17H23NO2. The minimum atomic E-state index is -0.360. The van der Waals surface area contributed by atoms with Gasteiger partial charge in [0.1, 0.15) is 11.3 Å². The lowest BCUT2D eigenvalue weighted by molar-refractivity contribution is -0.138. The van der Waals surface area contributed by atoms with Crippen LogP contribution >= 0.6 is 0 Å². The molecule has 0 spiro atoms. The number of hydrogen-bond acceptors (Lipinski definition) is 2. The molecule has 0 N–H and O–H groups in total. The number of carbonyl (C=O) groups excluding carboxylic acids is 1. The van der Waals surface area contributed by atoms with Crippen LogP contribution in [0.1, 0.15) is 39.0 Å². The lowest BCUT2D eigenvalue weighted by Gasteiger charge is -2.26. The summed E-state index contributed by atoms with van der Waals surface area (Å²) in [5.41, 5.74) is 1.67. The van der Waals surface area contributed by atoms with Crippen molar-refractivity contribution in [3.05, 3.63) is 35.6 Å². The number of nitrogens with zero attached hydrogens (tertiary/aromatic N) is 1. The molecule has 0 unspecified atom stereocenters. The number of fused-ring (bicyclic) bond motifs is 1. The lowest BCUT2D eigenvalue weighted by Crippen LogP contribution is -2.36. The maximum atomic E-state index is 12.3. The normalized spacial score (nSPS) is 11.8. The van der Waals surface area contributed by atoms with Crippen LogP contribution in [0.4, 0.5) is 0 Å². The van der Waals surface area contributed by atoms with Crippen LogP contribution in [0.2, 0.25) is 0 Å². The molecule has 3 heteroatoms. The van der Waals surface area contributed by atoms with Crippen molar-refractivity contribution < 1.29 is 9.21 Å². The molecule has 1 amide bonds. The standard InChI is InChI=1S/C17H23NO2/c1-6-14-13(11-18(5)16(19)17(2,3)4)12-9-7-8-10-15(12)20-14/h7-10H,6,11H2,1-5H3. The Morgan fingerprint density at radius 2 is 1.90 bits per heavy atom. The van der Waals surface area contributed by atoms with Crippen molar-refractivity contribution in [1.82, 2.24) is 4.90 Å². The highest BCUT2D eigenvalue weighted by molar-refractivity contribution is 5.84. The zero-order valence-electron chi connectivity index (χ0n) is 13.0. The molecule has 2 aromatic rings. The number of carbonyl (C=O) groups is 1. The van der Waals surface area contributed by atoms with E-state index in [4.69, 9.17) is 4.42 Å². The van der Waals surface area contributed by atoms with Crippen molar-refractivity contribution in [2.45, 2.75) is 40.7 Å². The van der Waals surface area contributed by atoms with Crippen LogP contribution in [-0.4, -0.2) is 17.9 Å². The van der Waals surface area contributed by atoms with Crippen molar-refractivity contribution in [3.8, 4) is 0 Å². The topological polar surface area (TPSA) is 33.5 Å². The van der Waals surface area contributed by atoms with Crippen LogP contribution in [0.25, 0.3) is 11.0 Å². The van der Waals surface area contributed by atoms with Gasteiger partial charge >= 0.3 is 0 Å². The molecule has 0 aliphatic carbocycles. The summed E-state index contributed by atoms with van der Waals surface area (Å²) in [5.74, 6) is 1.12. The largest absolute Gasteiger partial charge is 0.461 e. The van der Waals surface area contributed by atoms with Gasteiger partial charge in [0.05, 0.1) is 0 Å². The summed E-state index contributed by atoms with van der Waals surface area (Å²) in [5, 5.41) is 1.11. The predicted octanol–water partition coefficient (Wildman–Crippen LogP) is 4.00. The Hall–Kier alpha value is -1.77. The molecule has 0 fully saturated rings. The highest BCUT2D eigenvalue weighted by atomic mass is 16.3. The number of benzene rings is 1. The Kier molecular flexibility index (Phi) is 3.89. The molecule has 1 heterocycles. The third kappa shape index (κ3) is 2.72. The van der Waals surface area contributed by atoms with E-state index in [9.17, 15) is 4.79 Å². The van der Waals surface area contributed by atoms with Crippen molar-refractivity contribution in [2.75, 3.05) is 7.05 Å². The second-order valence-corrected chi connectivity index (χ2v) is 6.26. The Bertz CT molecular complexity index is 619. The van der Waals surface area contributed by atoms with Crippen molar-refractivity contribution in [3.63, 3.8) is 0 Å². The molecule has 108 valence electrons. The van der Waals surface area contributed by atoms with E-state index in [1.807, 2.05) is 46.0 Å². The molecule has 0 saturated carbocycles. The minimum Gasteiger partial charge on any atom is -0.461 e. The summed E-state index contributed by atoms with van der Waals surface area (Å²) >= 11 is 0. The van der Waals surface area contributed by atoms with Gasteiger partial charge in [0.25, 0.3) is 0 Å².